The molecule has 4 aromatic carbocycles. The molecule has 0 aromatic heterocycles. The van der Waals surface area contributed by atoms with Crippen molar-refractivity contribution in [2.75, 3.05) is 6.61 Å². The topological polar surface area (TPSA) is 66.4 Å². The highest BCUT2D eigenvalue weighted by molar-refractivity contribution is 6.99. The molecule has 4 aromatic rings. The number of aliphatic hydroxyl groups is 1. The van der Waals surface area contributed by atoms with E-state index in [1.54, 1.807) is 6.92 Å². The Kier molecular flexibility index (Phi) is 7.78. The first-order valence-corrected chi connectivity index (χ1v) is 17.0. The molecular weight excluding hydrogens is 556 g/mol. The lowest BCUT2D eigenvalue weighted by Crippen LogP contribution is -2.69. The fourth-order valence-electron chi connectivity index (χ4n) is 6.72. The molecule has 6 nitrogen and oxygen atoms in total. The summed E-state index contributed by atoms with van der Waals surface area (Å²) in [5.41, 5.74) is -1.27. The van der Waals surface area contributed by atoms with Crippen molar-refractivity contribution in [2.24, 2.45) is 0 Å². The zero-order valence-electron chi connectivity index (χ0n) is 25.8. The first-order chi connectivity index (χ1) is 20.5. The van der Waals surface area contributed by atoms with E-state index in [0.717, 1.165) is 21.1 Å². The van der Waals surface area contributed by atoms with Crippen molar-refractivity contribution in [3.8, 4) is 5.75 Å². The second-order valence-electron chi connectivity index (χ2n) is 13.2. The normalized spacial score (nSPS) is 25.9. The van der Waals surface area contributed by atoms with Gasteiger partial charge in [-0.1, -0.05) is 112 Å². The predicted molar refractivity (Wildman–Crippen MR) is 171 cm³/mol. The summed E-state index contributed by atoms with van der Waals surface area (Å²) in [6, 6.07) is 35.1. The van der Waals surface area contributed by atoms with Crippen LogP contribution in [0.1, 0.15) is 41.5 Å². The molecule has 43 heavy (non-hydrogen) atoms. The second-order valence-corrected chi connectivity index (χ2v) is 17.5. The highest BCUT2D eigenvalue weighted by Gasteiger charge is 2.66. The lowest BCUT2D eigenvalue weighted by Gasteiger charge is -2.46. The summed E-state index contributed by atoms with van der Waals surface area (Å²) in [7, 11) is -2.96. The average Bonchev–Trinajstić information content (AvgIpc) is 3.43. The van der Waals surface area contributed by atoms with Gasteiger partial charge in [0.2, 0.25) is 0 Å². The van der Waals surface area contributed by atoms with Crippen LogP contribution in [0.2, 0.25) is 5.04 Å². The van der Waals surface area contributed by atoms with Gasteiger partial charge in [0, 0.05) is 0 Å². The van der Waals surface area contributed by atoms with Crippen molar-refractivity contribution in [3.63, 3.8) is 0 Å². The molecule has 0 aliphatic carbocycles. The Labute approximate surface area is 255 Å². The molecule has 0 unspecified atom stereocenters. The van der Waals surface area contributed by atoms with Gasteiger partial charge >= 0.3 is 0 Å². The molecule has 0 radical (unpaired) electrons. The highest BCUT2D eigenvalue weighted by Crippen LogP contribution is 2.47. The Balaban J connectivity index is 1.44. The zero-order chi connectivity index (χ0) is 30.5. The summed E-state index contributed by atoms with van der Waals surface area (Å²) in [5, 5.41) is 15.8. The lowest BCUT2D eigenvalue weighted by molar-refractivity contribution is -0.260. The molecule has 226 valence electrons. The summed E-state index contributed by atoms with van der Waals surface area (Å²) < 4.78 is 33.4. The Morgan fingerprint density at radius 2 is 1.37 bits per heavy atom. The second kappa shape index (κ2) is 11.1. The first-order valence-electron chi connectivity index (χ1n) is 15.1. The van der Waals surface area contributed by atoms with Gasteiger partial charge in [-0.05, 0) is 59.1 Å². The molecule has 2 aliphatic heterocycles. The molecule has 5 atom stereocenters. The van der Waals surface area contributed by atoms with Crippen molar-refractivity contribution < 1.29 is 28.5 Å². The minimum atomic E-state index is -2.96. The molecule has 2 saturated heterocycles. The van der Waals surface area contributed by atoms with Crippen molar-refractivity contribution in [1.82, 2.24) is 0 Å². The van der Waals surface area contributed by atoms with Gasteiger partial charge in [0.25, 0.3) is 8.32 Å². The van der Waals surface area contributed by atoms with Crippen LogP contribution in [0, 0.1) is 0 Å². The van der Waals surface area contributed by atoms with E-state index < -0.39 is 44.3 Å². The summed E-state index contributed by atoms with van der Waals surface area (Å²) in [6.07, 6.45) is -2.97. The van der Waals surface area contributed by atoms with Gasteiger partial charge in [0.05, 0.1) is 12.7 Å². The Hall–Kier alpha value is -3.04. The van der Waals surface area contributed by atoms with E-state index in [9.17, 15) is 5.11 Å². The van der Waals surface area contributed by atoms with Gasteiger partial charge < -0.3 is 28.5 Å². The molecule has 0 amide bonds. The van der Waals surface area contributed by atoms with Crippen molar-refractivity contribution in [3.05, 3.63) is 103 Å². The number of hydrogen-bond donors (Lipinski definition) is 1. The van der Waals surface area contributed by atoms with Crippen LogP contribution in [0.3, 0.4) is 0 Å². The van der Waals surface area contributed by atoms with Gasteiger partial charge in [-0.25, -0.2) is 0 Å². The Bertz CT molecular complexity index is 1510. The summed E-state index contributed by atoms with van der Waals surface area (Å²) in [5.74, 6) is -0.193. The molecule has 7 heteroatoms. The van der Waals surface area contributed by atoms with E-state index >= 15 is 0 Å². The van der Waals surface area contributed by atoms with E-state index in [1.165, 1.54) is 0 Å². The van der Waals surface area contributed by atoms with Crippen LogP contribution in [0.25, 0.3) is 10.8 Å². The molecule has 0 spiro atoms. The van der Waals surface area contributed by atoms with E-state index in [1.807, 2.05) is 56.3 Å². The lowest BCUT2D eigenvalue weighted by atomic mass is 9.90. The maximum Gasteiger partial charge on any atom is 0.261 e. The smallest absolute Gasteiger partial charge is 0.261 e. The number of aliphatic hydroxyl groups excluding tert-OH is 1. The van der Waals surface area contributed by atoms with Gasteiger partial charge in [-0.3, -0.25) is 0 Å². The monoisotopic (exact) mass is 598 g/mol. The number of fused-ring (bicyclic) bond motifs is 2. The van der Waals surface area contributed by atoms with Gasteiger partial charge in [0.1, 0.15) is 5.75 Å². The molecule has 2 aliphatic rings. The maximum atomic E-state index is 11.6. The standard InChI is InChI=1S/C36H42O6Si/c1-25(37)36(24-38-43(34(2,3)4,29-17-9-7-10-18-29)30-19-11-8-12-20-30)32(31-33(42-36)41-35(5,6)40-31)39-28-22-21-26-15-13-14-16-27(26)23-28/h7-23,25,31-33,37H,24H2,1-6H3/t25-,31+,32-,33-,36+/m0/s1. The van der Waals surface area contributed by atoms with Crippen LogP contribution in [0.15, 0.2) is 103 Å². The van der Waals surface area contributed by atoms with Crippen molar-refractivity contribution in [2.45, 2.75) is 82.6 Å². The molecular formula is C36H42O6Si. The van der Waals surface area contributed by atoms with Crippen LogP contribution in [0.5, 0.6) is 5.75 Å². The quantitative estimate of drug-likeness (QED) is 0.259. The predicted octanol–water partition coefficient (Wildman–Crippen LogP) is 5.79. The van der Waals surface area contributed by atoms with Crippen molar-refractivity contribution in [1.29, 1.82) is 0 Å². The maximum absolute atomic E-state index is 11.6. The molecule has 1 N–H and O–H groups in total. The van der Waals surface area contributed by atoms with E-state index in [4.69, 9.17) is 23.4 Å². The first kappa shape index (κ1) is 30.0. The summed E-state index contributed by atoms with van der Waals surface area (Å²) in [4.78, 5) is 0. The Morgan fingerprint density at radius 1 is 0.791 bits per heavy atom. The van der Waals surface area contributed by atoms with Crippen molar-refractivity contribution >= 4 is 29.5 Å². The minimum Gasteiger partial charge on any atom is -0.484 e. The van der Waals surface area contributed by atoms with Gasteiger partial charge in [0.15, 0.2) is 29.9 Å². The van der Waals surface area contributed by atoms with Gasteiger partial charge in [-0.15, -0.1) is 0 Å². The van der Waals surface area contributed by atoms with E-state index in [-0.39, 0.29) is 11.6 Å². The van der Waals surface area contributed by atoms with Crippen LogP contribution < -0.4 is 15.1 Å². The Morgan fingerprint density at radius 3 is 1.95 bits per heavy atom. The summed E-state index contributed by atoms with van der Waals surface area (Å²) in [6.45, 7) is 12.2. The van der Waals surface area contributed by atoms with Crippen LogP contribution in [-0.4, -0.2) is 56.0 Å². The third-order valence-electron chi connectivity index (χ3n) is 8.83. The average molecular weight is 599 g/mol. The highest BCUT2D eigenvalue weighted by atomic mass is 28.4. The number of rotatable bonds is 8. The minimum absolute atomic E-state index is 0.0797. The van der Waals surface area contributed by atoms with Crippen LogP contribution >= 0.6 is 0 Å². The number of hydrogen-bond acceptors (Lipinski definition) is 6. The van der Waals surface area contributed by atoms with Crippen LogP contribution in [0.4, 0.5) is 0 Å². The largest absolute Gasteiger partial charge is 0.484 e. The molecule has 2 heterocycles. The van der Waals surface area contributed by atoms with Gasteiger partial charge in [-0.2, -0.15) is 0 Å². The number of benzene rings is 4. The fraction of sp³-hybridized carbons (Fsp3) is 0.389. The SMILES string of the molecule is C[C@H](O)[C@@]1(CO[Si](c2ccccc2)(c2ccccc2)C(C)(C)C)O[C@@H]2OC(C)(C)O[C@@H]2[C@@H]1Oc1ccc2ccccc2c1. The summed E-state index contributed by atoms with van der Waals surface area (Å²) >= 11 is 0. The van der Waals surface area contributed by atoms with Crippen LogP contribution in [-0.2, 0) is 18.6 Å². The third-order valence-corrected chi connectivity index (χ3v) is 13.8. The molecule has 0 bridgehead atoms. The third kappa shape index (κ3) is 5.33. The molecule has 0 saturated carbocycles. The van der Waals surface area contributed by atoms with E-state index in [2.05, 4.69) is 81.4 Å². The van der Waals surface area contributed by atoms with E-state index in [0.29, 0.717) is 5.75 Å². The molecule has 6 rings (SSSR count). The fourth-order valence-corrected chi connectivity index (χ4v) is 11.3. The number of ether oxygens (including phenoxy) is 4. The zero-order valence-corrected chi connectivity index (χ0v) is 26.8. The molecule has 2 fully saturated rings.